The molecule has 3 fully saturated rings. The van der Waals surface area contributed by atoms with Gasteiger partial charge in [-0.05, 0) is 58.9 Å². The minimum atomic E-state index is -0.932. The summed E-state index contributed by atoms with van der Waals surface area (Å²) in [5.74, 6) is -2.13. The van der Waals surface area contributed by atoms with Crippen LogP contribution in [0.4, 0.5) is 5.69 Å². The van der Waals surface area contributed by atoms with Gasteiger partial charge in [0.25, 0.3) is 5.91 Å². The summed E-state index contributed by atoms with van der Waals surface area (Å²) < 4.78 is 29.6. The number of ketones is 1. The Balaban J connectivity index is 1.54. The quantitative estimate of drug-likeness (QED) is 0.790. The SMILES string of the molecule is CC(=O)c1ccc(NC(=O)[C@@H]2O[C@@H]3OC(C)(C)O[C@@H]3[C@@H]3OC(C)(C)O[C@@H]32)cc1. The van der Waals surface area contributed by atoms with Crippen LogP contribution in [0.15, 0.2) is 24.3 Å². The molecule has 0 spiro atoms. The number of ether oxygens (including phenoxy) is 5. The molecule has 28 heavy (non-hydrogen) atoms. The molecule has 0 saturated carbocycles. The highest BCUT2D eigenvalue weighted by atomic mass is 16.9. The zero-order valence-corrected chi connectivity index (χ0v) is 16.6. The van der Waals surface area contributed by atoms with Gasteiger partial charge in [-0.15, -0.1) is 0 Å². The lowest BCUT2D eigenvalue weighted by Gasteiger charge is -2.36. The molecule has 0 bridgehead atoms. The van der Waals surface area contributed by atoms with Crippen molar-refractivity contribution in [1.29, 1.82) is 0 Å². The number of fused-ring (bicyclic) bond motifs is 3. The van der Waals surface area contributed by atoms with Crippen molar-refractivity contribution in [1.82, 2.24) is 0 Å². The minimum absolute atomic E-state index is 0.0397. The van der Waals surface area contributed by atoms with E-state index in [1.807, 2.05) is 0 Å². The van der Waals surface area contributed by atoms with Crippen molar-refractivity contribution in [2.75, 3.05) is 5.32 Å². The Bertz CT molecular complexity index is 788. The molecule has 8 nitrogen and oxygen atoms in total. The molecule has 3 aliphatic heterocycles. The number of hydrogen-bond donors (Lipinski definition) is 1. The molecule has 1 amide bonds. The van der Waals surface area contributed by atoms with Gasteiger partial charge in [0.2, 0.25) is 0 Å². The van der Waals surface area contributed by atoms with Crippen LogP contribution in [-0.4, -0.2) is 54.0 Å². The van der Waals surface area contributed by atoms with Gasteiger partial charge in [-0.25, -0.2) is 0 Å². The molecule has 3 aliphatic rings. The summed E-state index contributed by atoms with van der Waals surface area (Å²) in [7, 11) is 0. The van der Waals surface area contributed by atoms with Crippen LogP contribution >= 0.6 is 0 Å². The predicted molar refractivity (Wildman–Crippen MR) is 97.6 cm³/mol. The molecule has 5 atom stereocenters. The van der Waals surface area contributed by atoms with Gasteiger partial charge < -0.3 is 29.0 Å². The Hall–Kier alpha value is -1.84. The molecule has 0 aliphatic carbocycles. The summed E-state index contributed by atoms with van der Waals surface area (Å²) in [5, 5.41) is 2.81. The van der Waals surface area contributed by atoms with E-state index in [0.717, 1.165) is 0 Å². The van der Waals surface area contributed by atoms with Crippen LogP contribution in [0, 0.1) is 0 Å². The highest BCUT2D eigenvalue weighted by Crippen LogP contribution is 2.44. The third-order valence-electron chi connectivity index (χ3n) is 4.97. The van der Waals surface area contributed by atoms with Gasteiger partial charge in [0.05, 0.1) is 0 Å². The number of carbonyl (C=O) groups is 2. The Morgan fingerprint density at radius 2 is 1.43 bits per heavy atom. The second-order valence-electron chi connectivity index (χ2n) is 8.21. The monoisotopic (exact) mass is 391 g/mol. The fourth-order valence-electron chi connectivity index (χ4n) is 3.82. The Kier molecular flexibility index (Phi) is 4.59. The fraction of sp³-hybridized carbons (Fsp3) is 0.600. The number of rotatable bonds is 3. The van der Waals surface area contributed by atoms with Gasteiger partial charge in [0.15, 0.2) is 29.8 Å². The van der Waals surface area contributed by atoms with E-state index in [1.54, 1.807) is 52.0 Å². The largest absolute Gasteiger partial charge is 0.342 e. The number of Topliss-reactive ketones (excluding diaryl/α,β-unsaturated/α-hetero) is 1. The number of nitrogens with one attached hydrogen (secondary N) is 1. The standard InChI is InChI=1S/C20H25NO7/c1-10(22)11-6-8-12(9-7-11)21-17(23)15-13-14(26-19(2,3)25-13)16-18(24-15)28-20(4,5)27-16/h6-9,13-16,18H,1-5H3,(H,21,23)/t13-,14+,15+,16+,18+/m0/s1. The summed E-state index contributed by atoms with van der Waals surface area (Å²) in [5.41, 5.74) is 1.13. The highest BCUT2D eigenvalue weighted by Gasteiger charge is 2.62. The molecule has 3 saturated heterocycles. The highest BCUT2D eigenvalue weighted by molar-refractivity contribution is 5.97. The second-order valence-corrected chi connectivity index (χ2v) is 8.21. The van der Waals surface area contributed by atoms with E-state index in [4.69, 9.17) is 23.7 Å². The van der Waals surface area contributed by atoms with Crippen LogP contribution in [0.1, 0.15) is 45.0 Å². The van der Waals surface area contributed by atoms with Crippen molar-refractivity contribution < 1.29 is 33.3 Å². The summed E-state index contributed by atoms with van der Waals surface area (Å²) in [4.78, 5) is 24.4. The molecular weight excluding hydrogens is 366 g/mol. The van der Waals surface area contributed by atoms with Crippen LogP contribution in [0.3, 0.4) is 0 Å². The fourth-order valence-corrected chi connectivity index (χ4v) is 3.82. The molecule has 0 radical (unpaired) electrons. The topological polar surface area (TPSA) is 92.3 Å². The molecule has 1 N–H and O–H groups in total. The number of hydrogen-bond acceptors (Lipinski definition) is 7. The lowest BCUT2D eigenvalue weighted by Crippen LogP contribution is -2.58. The van der Waals surface area contributed by atoms with Crippen LogP contribution in [0.2, 0.25) is 0 Å². The van der Waals surface area contributed by atoms with E-state index in [2.05, 4.69) is 5.32 Å². The molecule has 4 rings (SSSR count). The molecule has 1 aromatic rings. The van der Waals surface area contributed by atoms with Crippen molar-refractivity contribution in [2.24, 2.45) is 0 Å². The molecule has 0 aromatic heterocycles. The summed E-state index contributed by atoms with van der Waals surface area (Å²) in [6.45, 7) is 8.64. The van der Waals surface area contributed by atoms with Crippen molar-refractivity contribution in [2.45, 2.75) is 76.9 Å². The molecule has 152 valence electrons. The first-order chi connectivity index (χ1) is 13.0. The van der Waals surface area contributed by atoms with E-state index in [0.29, 0.717) is 11.3 Å². The maximum absolute atomic E-state index is 13.0. The Morgan fingerprint density at radius 3 is 2.07 bits per heavy atom. The maximum atomic E-state index is 13.0. The molecule has 8 heteroatoms. The predicted octanol–water partition coefficient (Wildman–Crippen LogP) is 2.22. The molecule has 0 unspecified atom stereocenters. The van der Waals surface area contributed by atoms with Gasteiger partial charge in [-0.3, -0.25) is 9.59 Å². The van der Waals surface area contributed by atoms with Crippen molar-refractivity contribution in [3.63, 3.8) is 0 Å². The minimum Gasteiger partial charge on any atom is -0.342 e. The van der Waals surface area contributed by atoms with Crippen LogP contribution < -0.4 is 5.32 Å². The average Bonchev–Trinajstić information content (AvgIpc) is 3.08. The number of amides is 1. The zero-order chi connectivity index (χ0) is 20.3. The van der Waals surface area contributed by atoms with Crippen LogP contribution in [-0.2, 0) is 28.5 Å². The number of benzene rings is 1. The summed E-state index contributed by atoms with van der Waals surface area (Å²) in [6.07, 6.45) is -3.28. The maximum Gasteiger partial charge on any atom is 0.256 e. The lowest BCUT2D eigenvalue weighted by atomic mass is 9.98. The average molecular weight is 391 g/mol. The Morgan fingerprint density at radius 1 is 0.857 bits per heavy atom. The van der Waals surface area contributed by atoms with Crippen molar-refractivity contribution in [3.8, 4) is 0 Å². The number of carbonyl (C=O) groups excluding carboxylic acids is 2. The molecule has 3 heterocycles. The van der Waals surface area contributed by atoms with E-state index >= 15 is 0 Å². The van der Waals surface area contributed by atoms with Gasteiger partial charge >= 0.3 is 0 Å². The summed E-state index contributed by atoms with van der Waals surface area (Å²) in [6, 6.07) is 6.67. The van der Waals surface area contributed by atoms with Gasteiger partial charge in [0, 0.05) is 11.3 Å². The van der Waals surface area contributed by atoms with E-state index < -0.39 is 42.3 Å². The van der Waals surface area contributed by atoms with Gasteiger partial charge in [0.1, 0.15) is 18.3 Å². The van der Waals surface area contributed by atoms with Crippen LogP contribution in [0.25, 0.3) is 0 Å². The van der Waals surface area contributed by atoms with E-state index in [-0.39, 0.29) is 11.7 Å². The Labute approximate surface area is 163 Å². The normalized spacial score (nSPS) is 35.1. The third-order valence-corrected chi connectivity index (χ3v) is 4.97. The zero-order valence-electron chi connectivity index (χ0n) is 16.6. The van der Waals surface area contributed by atoms with Crippen molar-refractivity contribution in [3.05, 3.63) is 29.8 Å². The molecular formula is C20H25NO7. The summed E-state index contributed by atoms with van der Waals surface area (Å²) >= 11 is 0. The smallest absolute Gasteiger partial charge is 0.256 e. The van der Waals surface area contributed by atoms with E-state index in [1.165, 1.54) is 6.92 Å². The lowest BCUT2D eigenvalue weighted by molar-refractivity contribution is -0.229. The van der Waals surface area contributed by atoms with Gasteiger partial charge in [-0.1, -0.05) is 0 Å². The first-order valence-electron chi connectivity index (χ1n) is 9.33. The molecule has 1 aromatic carbocycles. The first-order valence-corrected chi connectivity index (χ1v) is 9.33. The third kappa shape index (κ3) is 3.58. The van der Waals surface area contributed by atoms with Crippen molar-refractivity contribution >= 4 is 17.4 Å². The van der Waals surface area contributed by atoms with Crippen LogP contribution in [0.5, 0.6) is 0 Å². The first kappa shape index (κ1) is 19.5. The number of anilines is 1. The second kappa shape index (κ2) is 6.60. The van der Waals surface area contributed by atoms with Gasteiger partial charge in [-0.2, -0.15) is 0 Å². The van der Waals surface area contributed by atoms with E-state index in [9.17, 15) is 9.59 Å².